The fourth-order valence-corrected chi connectivity index (χ4v) is 2.46. The SMILES string of the molecule is O=C(O)c1cccc(N/N=C/c2cccc(OCc3ccc(Cl)cc3)c2)c1. The van der Waals surface area contributed by atoms with Gasteiger partial charge in [-0.15, -0.1) is 0 Å². The number of rotatable bonds is 7. The molecule has 0 unspecified atom stereocenters. The van der Waals surface area contributed by atoms with E-state index in [1.165, 1.54) is 12.1 Å². The largest absolute Gasteiger partial charge is 0.489 e. The van der Waals surface area contributed by atoms with Gasteiger partial charge in [0, 0.05) is 5.02 Å². The Morgan fingerprint density at radius 1 is 1.07 bits per heavy atom. The summed E-state index contributed by atoms with van der Waals surface area (Å²) >= 11 is 5.88. The van der Waals surface area contributed by atoms with E-state index in [1.54, 1.807) is 18.3 Å². The standard InChI is InChI=1S/C21H17ClN2O3/c22-18-9-7-15(8-10-18)14-27-20-6-1-3-16(11-20)13-23-24-19-5-2-4-17(12-19)21(25)26/h1-13,24H,14H2,(H,25,26)/b23-13+. The molecule has 0 fully saturated rings. The number of hydrazone groups is 1. The number of hydrogen-bond acceptors (Lipinski definition) is 4. The molecular weight excluding hydrogens is 364 g/mol. The van der Waals surface area contributed by atoms with Crippen LogP contribution in [0.15, 0.2) is 77.9 Å². The van der Waals surface area contributed by atoms with Gasteiger partial charge in [-0.1, -0.05) is 41.9 Å². The van der Waals surface area contributed by atoms with Crippen LogP contribution in [0, 0.1) is 0 Å². The average Bonchev–Trinajstić information content (AvgIpc) is 2.68. The van der Waals surface area contributed by atoms with E-state index in [2.05, 4.69) is 10.5 Å². The molecule has 3 aromatic carbocycles. The monoisotopic (exact) mass is 380 g/mol. The smallest absolute Gasteiger partial charge is 0.335 e. The predicted molar refractivity (Wildman–Crippen MR) is 107 cm³/mol. The summed E-state index contributed by atoms with van der Waals surface area (Å²) in [6, 6.07) is 21.5. The third-order valence-electron chi connectivity index (χ3n) is 3.69. The summed E-state index contributed by atoms with van der Waals surface area (Å²) in [6.07, 6.45) is 1.64. The molecule has 3 aromatic rings. The van der Waals surface area contributed by atoms with Gasteiger partial charge < -0.3 is 9.84 Å². The Labute approximate surface area is 161 Å². The second-order valence-electron chi connectivity index (χ2n) is 5.74. The van der Waals surface area contributed by atoms with Crippen molar-refractivity contribution in [2.75, 3.05) is 5.43 Å². The fourth-order valence-electron chi connectivity index (χ4n) is 2.34. The van der Waals surface area contributed by atoms with Crippen LogP contribution in [0.4, 0.5) is 5.69 Å². The third kappa shape index (κ3) is 5.59. The first-order valence-electron chi connectivity index (χ1n) is 8.20. The van der Waals surface area contributed by atoms with Gasteiger partial charge in [0.1, 0.15) is 12.4 Å². The van der Waals surface area contributed by atoms with Crippen LogP contribution in [0.5, 0.6) is 5.75 Å². The van der Waals surface area contributed by atoms with Crippen molar-refractivity contribution >= 4 is 29.5 Å². The maximum Gasteiger partial charge on any atom is 0.335 e. The highest BCUT2D eigenvalue weighted by Gasteiger charge is 2.02. The first-order valence-corrected chi connectivity index (χ1v) is 8.58. The molecule has 0 bridgehead atoms. The number of nitrogens with zero attached hydrogens (tertiary/aromatic N) is 1. The number of aromatic carboxylic acids is 1. The molecule has 0 amide bonds. The van der Waals surface area contributed by atoms with Crippen LogP contribution >= 0.6 is 11.6 Å². The van der Waals surface area contributed by atoms with Gasteiger partial charge in [-0.2, -0.15) is 5.10 Å². The van der Waals surface area contributed by atoms with Crippen molar-refractivity contribution in [2.24, 2.45) is 5.10 Å². The normalized spacial score (nSPS) is 10.7. The zero-order valence-corrected chi connectivity index (χ0v) is 15.1. The fraction of sp³-hybridized carbons (Fsp3) is 0.0476. The molecule has 0 aliphatic carbocycles. The van der Waals surface area contributed by atoms with Crippen LogP contribution in [-0.4, -0.2) is 17.3 Å². The van der Waals surface area contributed by atoms with E-state index in [0.717, 1.165) is 16.9 Å². The number of halogens is 1. The molecule has 136 valence electrons. The Kier molecular flexibility index (Phi) is 6.07. The van der Waals surface area contributed by atoms with Crippen molar-refractivity contribution in [1.82, 2.24) is 0 Å². The lowest BCUT2D eigenvalue weighted by Gasteiger charge is -2.07. The molecule has 0 saturated heterocycles. The minimum Gasteiger partial charge on any atom is -0.489 e. The van der Waals surface area contributed by atoms with Crippen molar-refractivity contribution in [3.63, 3.8) is 0 Å². The number of benzene rings is 3. The van der Waals surface area contributed by atoms with Crippen molar-refractivity contribution in [2.45, 2.75) is 6.61 Å². The molecule has 0 aliphatic heterocycles. The number of hydrogen-bond donors (Lipinski definition) is 2. The Balaban J connectivity index is 1.60. The van der Waals surface area contributed by atoms with E-state index < -0.39 is 5.97 Å². The zero-order valence-electron chi connectivity index (χ0n) is 14.3. The van der Waals surface area contributed by atoms with E-state index >= 15 is 0 Å². The topological polar surface area (TPSA) is 70.9 Å². The van der Waals surface area contributed by atoms with Crippen LogP contribution in [0.3, 0.4) is 0 Å². The van der Waals surface area contributed by atoms with Crippen LogP contribution in [-0.2, 0) is 6.61 Å². The molecule has 3 rings (SSSR count). The lowest BCUT2D eigenvalue weighted by atomic mass is 10.2. The summed E-state index contributed by atoms with van der Waals surface area (Å²) < 4.78 is 5.79. The maximum atomic E-state index is 11.0. The summed E-state index contributed by atoms with van der Waals surface area (Å²) in [6.45, 7) is 0.442. The summed E-state index contributed by atoms with van der Waals surface area (Å²) in [4.78, 5) is 11.0. The molecule has 0 radical (unpaired) electrons. The van der Waals surface area contributed by atoms with Gasteiger partial charge in [0.05, 0.1) is 17.5 Å². The first-order chi connectivity index (χ1) is 13.1. The number of carbonyl (C=O) groups is 1. The number of carboxylic acid groups (broad SMARTS) is 1. The van der Waals surface area contributed by atoms with Gasteiger partial charge in [-0.3, -0.25) is 5.43 Å². The highest BCUT2D eigenvalue weighted by atomic mass is 35.5. The molecule has 0 heterocycles. The highest BCUT2D eigenvalue weighted by Crippen LogP contribution is 2.16. The second-order valence-corrected chi connectivity index (χ2v) is 6.18. The molecule has 6 heteroatoms. The van der Waals surface area contributed by atoms with Gasteiger partial charge in [0.2, 0.25) is 0 Å². The molecule has 27 heavy (non-hydrogen) atoms. The van der Waals surface area contributed by atoms with E-state index in [0.29, 0.717) is 17.3 Å². The predicted octanol–water partition coefficient (Wildman–Crippen LogP) is 5.06. The maximum absolute atomic E-state index is 11.0. The summed E-state index contributed by atoms with van der Waals surface area (Å²) in [5.74, 6) is -0.255. The quantitative estimate of drug-likeness (QED) is 0.443. The van der Waals surface area contributed by atoms with Gasteiger partial charge in [-0.05, 0) is 53.6 Å². The van der Waals surface area contributed by atoms with Crippen LogP contribution in [0.1, 0.15) is 21.5 Å². The Morgan fingerprint density at radius 3 is 2.63 bits per heavy atom. The highest BCUT2D eigenvalue weighted by molar-refractivity contribution is 6.30. The molecule has 5 nitrogen and oxygen atoms in total. The summed E-state index contributed by atoms with van der Waals surface area (Å²) in [5, 5.41) is 13.8. The van der Waals surface area contributed by atoms with Crippen LogP contribution < -0.4 is 10.2 Å². The number of anilines is 1. The summed E-state index contributed by atoms with van der Waals surface area (Å²) in [5.41, 5.74) is 5.50. The average molecular weight is 381 g/mol. The van der Waals surface area contributed by atoms with E-state index in [1.807, 2.05) is 48.5 Å². The molecule has 0 spiro atoms. The Morgan fingerprint density at radius 2 is 1.85 bits per heavy atom. The number of ether oxygens (including phenoxy) is 1. The van der Waals surface area contributed by atoms with E-state index in [4.69, 9.17) is 21.4 Å². The number of nitrogens with one attached hydrogen (secondary N) is 1. The van der Waals surface area contributed by atoms with Gasteiger partial charge >= 0.3 is 5.97 Å². The van der Waals surface area contributed by atoms with Crippen LogP contribution in [0.2, 0.25) is 5.02 Å². The van der Waals surface area contributed by atoms with E-state index in [9.17, 15) is 4.79 Å². The zero-order chi connectivity index (χ0) is 19.1. The lowest BCUT2D eigenvalue weighted by Crippen LogP contribution is -1.98. The third-order valence-corrected chi connectivity index (χ3v) is 3.95. The lowest BCUT2D eigenvalue weighted by molar-refractivity contribution is 0.0697. The van der Waals surface area contributed by atoms with Crippen molar-refractivity contribution in [1.29, 1.82) is 0 Å². The minimum atomic E-state index is -0.979. The minimum absolute atomic E-state index is 0.202. The summed E-state index contributed by atoms with van der Waals surface area (Å²) in [7, 11) is 0. The van der Waals surface area contributed by atoms with Gasteiger partial charge in [-0.25, -0.2) is 4.79 Å². The van der Waals surface area contributed by atoms with Gasteiger partial charge in [0.15, 0.2) is 0 Å². The van der Waals surface area contributed by atoms with Crippen molar-refractivity contribution in [3.05, 3.63) is 94.5 Å². The Hall–Kier alpha value is -3.31. The van der Waals surface area contributed by atoms with Crippen molar-refractivity contribution < 1.29 is 14.6 Å². The van der Waals surface area contributed by atoms with Crippen LogP contribution in [0.25, 0.3) is 0 Å². The van der Waals surface area contributed by atoms with E-state index in [-0.39, 0.29) is 5.56 Å². The molecule has 0 aliphatic rings. The molecule has 0 saturated carbocycles. The first kappa shape index (κ1) is 18.5. The molecule has 0 atom stereocenters. The number of carboxylic acids is 1. The van der Waals surface area contributed by atoms with Gasteiger partial charge in [0.25, 0.3) is 0 Å². The molecular formula is C21H17ClN2O3. The molecule has 2 N–H and O–H groups in total. The molecule has 0 aromatic heterocycles. The Bertz CT molecular complexity index is 956. The van der Waals surface area contributed by atoms with Crippen molar-refractivity contribution in [3.8, 4) is 5.75 Å². The second kappa shape index (κ2) is 8.87.